The Morgan fingerprint density at radius 2 is 2.20 bits per heavy atom. The van der Waals surface area contributed by atoms with Gasteiger partial charge in [0.05, 0.1) is 19.3 Å². The summed E-state index contributed by atoms with van der Waals surface area (Å²) < 4.78 is 31.3. The topological polar surface area (TPSA) is 41.5 Å². The Kier molecular flexibility index (Phi) is 2.83. The second-order valence-electron chi connectivity index (χ2n) is 3.40. The first-order valence-electron chi connectivity index (χ1n) is 4.67. The standard InChI is InChI=1S/C10H11F2NO2/c11-6-3-7(12)10(9(14)4-6)8-5-15-2-1-13-8/h3-4,8,13-14H,1-2,5H2/t8-/m1/s1. The van der Waals surface area contributed by atoms with Gasteiger partial charge in [-0.1, -0.05) is 0 Å². The zero-order chi connectivity index (χ0) is 10.8. The van der Waals surface area contributed by atoms with Gasteiger partial charge in [-0.05, 0) is 0 Å². The van der Waals surface area contributed by atoms with Gasteiger partial charge < -0.3 is 15.2 Å². The third-order valence-electron chi connectivity index (χ3n) is 2.34. The van der Waals surface area contributed by atoms with Gasteiger partial charge in [0.25, 0.3) is 0 Å². The van der Waals surface area contributed by atoms with Crippen molar-refractivity contribution in [2.75, 3.05) is 19.8 Å². The summed E-state index contributed by atoms with van der Waals surface area (Å²) in [6.45, 7) is 1.41. The summed E-state index contributed by atoms with van der Waals surface area (Å²) >= 11 is 0. The lowest BCUT2D eigenvalue weighted by atomic mass is 10.0. The van der Waals surface area contributed by atoms with Crippen LogP contribution in [0.4, 0.5) is 8.78 Å². The fraction of sp³-hybridized carbons (Fsp3) is 0.400. The van der Waals surface area contributed by atoms with Crippen molar-refractivity contribution in [1.29, 1.82) is 0 Å². The van der Waals surface area contributed by atoms with Gasteiger partial charge in [0.1, 0.15) is 17.4 Å². The molecule has 2 rings (SSSR count). The van der Waals surface area contributed by atoms with Gasteiger partial charge in [-0.15, -0.1) is 0 Å². The molecule has 0 radical (unpaired) electrons. The maximum Gasteiger partial charge on any atom is 0.134 e. The van der Waals surface area contributed by atoms with Crippen LogP contribution in [0.15, 0.2) is 12.1 Å². The quantitative estimate of drug-likeness (QED) is 0.742. The summed E-state index contributed by atoms with van der Waals surface area (Å²) in [4.78, 5) is 0. The molecular weight excluding hydrogens is 204 g/mol. The number of benzene rings is 1. The van der Waals surface area contributed by atoms with Crippen molar-refractivity contribution >= 4 is 0 Å². The van der Waals surface area contributed by atoms with Crippen LogP contribution in [0.1, 0.15) is 11.6 Å². The number of halogens is 2. The zero-order valence-electron chi connectivity index (χ0n) is 7.96. The highest BCUT2D eigenvalue weighted by Gasteiger charge is 2.22. The van der Waals surface area contributed by atoms with Gasteiger partial charge in [-0.2, -0.15) is 0 Å². The van der Waals surface area contributed by atoms with Crippen molar-refractivity contribution in [1.82, 2.24) is 5.32 Å². The Hall–Kier alpha value is -1.20. The molecule has 0 saturated carbocycles. The molecule has 1 saturated heterocycles. The van der Waals surface area contributed by atoms with Gasteiger partial charge in [0.15, 0.2) is 0 Å². The lowest BCUT2D eigenvalue weighted by molar-refractivity contribution is 0.0748. The fourth-order valence-electron chi connectivity index (χ4n) is 1.67. The number of aromatic hydroxyl groups is 1. The first kappa shape index (κ1) is 10.3. The molecule has 1 atom stereocenters. The largest absolute Gasteiger partial charge is 0.507 e. The molecule has 0 unspecified atom stereocenters. The van der Waals surface area contributed by atoms with E-state index in [1.165, 1.54) is 0 Å². The Balaban J connectivity index is 2.33. The molecule has 1 aliphatic heterocycles. The minimum Gasteiger partial charge on any atom is -0.507 e. The molecule has 1 fully saturated rings. The van der Waals surface area contributed by atoms with Crippen LogP contribution in [0.3, 0.4) is 0 Å². The van der Waals surface area contributed by atoms with E-state index in [-0.39, 0.29) is 17.9 Å². The SMILES string of the molecule is Oc1cc(F)cc(F)c1[C@H]1COCCN1. The molecule has 5 heteroatoms. The van der Waals surface area contributed by atoms with E-state index in [0.717, 1.165) is 12.1 Å². The van der Waals surface area contributed by atoms with Crippen LogP contribution in [0.5, 0.6) is 5.75 Å². The Labute approximate surface area is 85.7 Å². The Morgan fingerprint density at radius 1 is 1.40 bits per heavy atom. The van der Waals surface area contributed by atoms with E-state index in [0.29, 0.717) is 13.2 Å². The molecular formula is C10H11F2NO2. The summed E-state index contributed by atoms with van der Waals surface area (Å²) in [6, 6.07) is 1.24. The van der Waals surface area contributed by atoms with Crippen LogP contribution in [-0.4, -0.2) is 24.9 Å². The predicted molar refractivity (Wildman–Crippen MR) is 49.6 cm³/mol. The summed E-state index contributed by atoms with van der Waals surface area (Å²) in [5, 5.41) is 12.4. The Bertz CT molecular complexity index is 341. The van der Waals surface area contributed by atoms with E-state index in [4.69, 9.17) is 4.74 Å². The predicted octanol–water partition coefficient (Wildman–Crippen LogP) is 1.33. The molecule has 15 heavy (non-hydrogen) atoms. The second kappa shape index (κ2) is 4.12. The van der Waals surface area contributed by atoms with Crippen LogP contribution in [0.2, 0.25) is 0 Å². The average Bonchev–Trinajstić information content (AvgIpc) is 2.17. The van der Waals surface area contributed by atoms with Gasteiger partial charge in [0.2, 0.25) is 0 Å². The molecule has 3 nitrogen and oxygen atoms in total. The highest BCUT2D eigenvalue weighted by Crippen LogP contribution is 2.29. The van der Waals surface area contributed by atoms with E-state index in [1.54, 1.807) is 0 Å². The molecule has 0 bridgehead atoms. The molecule has 1 heterocycles. The molecule has 0 aromatic heterocycles. The van der Waals surface area contributed by atoms with Gasteiger partial charge in [-0.25, -0.2) is 8.78 Å². The van der Waals surface area contributed by atoms with Crippen molar-refractivity contribution in [3.8, 4) is 5.75 Å². The van der Waals surface area contributed by atoms with Gasteiger partial charge in [-0.3, -0.25) is 0 Å². The van der Waals surface area contributed by atoms with Crippen LogP contribution in [-0.2, 0) is 4.74 Å². The third-order valence-corrected chi connectivity index (χ3v) is 2.34. The number of nitrogens with one attached hydrogen (secondary N) is 1. The summed E-state index contributed by atoms with van der Waals surface area (Å²) in [5.74, 6) is -1.92. The summed E-state index contributed by atoms with van der Waals surface area (Å²) in [5.41, 5.74) is 0.0658. The van der Waals surface area contributed by atoms with Crippen LogP contribution >= 0.6 is 0 Å². The fourth-order valence-corrected chi connectivity index (χ4v) is 1.67. The molecule has 1 aromatic rings. The van der Waals surface area contributed by atoms with E-state index in [2.05, 4.69) is 5.32 Å². The third kappa shape index (κ3) is 2.08. The number of hydrogen-bond donors (Lipinski definition) is 2. The molecule has 1 aliphatic rings. The maximum atomic E-state index is 13.4. The zero-order valence-corrected chi connectivity index (χ0v) is 7.96. The van der Waals surface area contributed by atoms with Crippen molar-refractivity contribution in [3.05, 3.63) is 29.3 Å². The first-order valence-corrected chi connectivity index (χ1v) is 4.67. The van der Waals surface area contributed by atoms with Crippen LogP contribution in [0.25, 0.3) is 0 Å². The van der Waals surface area contributed by atoms with Crippen LogP contribution in [0, 0.1) is 11.6 Å². The Morgan fingerprint density at radius 3 is 2.80 bits per heavy atom. The summed E-state index contributed by atoms with van der Waals surface area (Å²) in [7, 11) is 0. The monoisotopic (exact) mass is 215 g/mol. The summed E-state index contributed by atoms with van der Waals surface area (Å²) in [6.07, 6.45) is 0. The van der Waals surface area contributed by atoms with E-state index in [9.17, 15) is 13.9 Å². The minimum atomic E-state index is -0.787. The average molecular weight is 215 g/mol. The van der Waals surface area contributed by atoms with E-state index < -0.39 is 17.7 Å². The lowest BCUT2D eigenvalue weighted by Crippen LogP contribution is -2.35. The second-order valence-corrected chi connectivity index (χ2v) is 3.40. The van der Waals surface area contributed by atoms with Gasteiger partial charge >= 0.3 is 0 Å². The first-order chi connectivity index (χ1) is 7.18. The molecule has 0 amide bonds. The number of phenols is 1. The molecule has 0 aliphatic carbocycles. The number of hydrogen-bond acceptors (Lipinski definition) is 3. The normalized spacial score (nSPS) is 21.6. The molecule has 0 spiro atoms. The highest BCUT2D eigenvalue weighted by molar-refractivity contribution is 5.36. The molecule has 2 N–H and O–H groups in total. The van der Waals surface area contributed by atoms with Crippen LogP contribution < -0.4 is 5.32 Å². The molecule has 1 aromatic carbocycles. The van der Waals surface area contributed by atoms with Crippen molar-refractivity contribution in [2.45, 2.75) is 6.04 Å². The number of morpholine rings is 1. The highest BCUT2D eigenvalue weighted by atomic mass is 19.1. The van der Waals surface area contributed by atoms with E-state index in [1.807, 2.05) is 0 Å². The smallest absolute Gasteiger partial charge is 0.134 e. The van der Waals surface area contributed by atoms with Crippen molar-refractivity contribution in [2.24, 2.45) is 0 Å². The maximum absolute atomic E-state index is 13.4. The number of rotatable bonds is 1. The molecule has 82 valence electrons. The minimum absolute atomic E-state index is 0.0658. The lowest BCUT2D eigenvalue weighted by Gasteiger charge is -2.25. The number of phenolic OH excluding ortho intramolecular Hbond substituents is 1. The van der Waals surface area contributed by atoms with Gasteiger partial charge in [0, 0.05) is 24.2 Å². The number of ether oxygens (including phenoxy) is 1. The van der Waals surface area contributed by atoms with Crippen molar-refractivity contribution in [3.63, 3.8) is 0 Å². The van der Waals surface area contributed by atoms with Crippen molar-refractivity contribution < 1.29 is 18.6 Å². The van der Waals surface area contributed by atoms with E-state index >= 15 is 0 Å².